The molecule has 0 aliphatic heterocycles. The van der Waals surface area contributed by atoms with Crippen molar-refractivity contribution in [2.45, 2.75) is 0 Å². The lowest BCUT2D eigenvalue weighted by molar-refractivity contribution is 0.170. The van der Waals surface area contributed by atoms with E-state index in [1.54, 1.807) is 6.26 Å². The number of hydrogen-bond donors (Lipinski definition) is 1. The van der Waals surface area contributed by atoms with E-state index in [9.17, 15) is 4.79 Å². The van der Waals surface area contributed by atoms with E-state index in [4.69, 9.17) is 5.73 Å². The topological polar surface area (TPSA) is 64.7 Å². The summed E-state index contributed by atoms with van der Waals surface area (Å²) in [7, 11) is 0. The van der Waals surface area contributed by atoms with Crippen LogP contribution >= 0.6 is 11.8 Å². The summed E-state index contributed by atoms with van der Waals surface area (Å²) in [4.78, 5) is 14.0. The Morgan fingerprint density at radius 3 is 3.00 bits per heavy atom. The molecule has 4 nitrogen and oxygen atoms in total. The van der Waals surface area contributed by atoms with E-state index in [1.807, 2.05) is 0 Å². The maximum Gasteiger partial charge on any atom is 0.436 e. The Bertz CT molecular complexity index is 179. The predicted molar refractivity (Wildman–Crippen MR) is 46.7 cm³/mol. The molecular formula is C6H10N2O2S. The summed E-state index contributed by atoms with van der Waals surface area (Å²) in [6, 6.07) is 0. The normalized spacial score (nSPS) is 10.8. The van der Waals surface area contributed by atoms with Crippen LogP contribution in [0, 0.1) is 0 Å². The Kier molecular flexibility index (Phi) is 5.28. The van der Waals surface area contributed by atoms with Crippen molar-refractivity contribution in [2.24, 2.45) is 10.7 Å². The van der Waals surface area contributed by atoms with Crippen LogP contribution in [-0.2, 0) is 4.74 Å². The number of thioether (sulfide) groups is 1. The molecule has 0 rings (SSSR count). The first-order valence-electron chi connectivity index (χ1n) is 2.86. The van der Waals surface area contributed by atoms with Gasteiger partial charge in [0, 0.05) is 0 Å². The van der Waals surface area contributed by atoms with Crippen molar-refractivity contribution >= 4 is 23.0 Å². The molecule has 2 N–H and O–H groups in total. The molecule has 0 bridgehead atoms. The highest BCUT2D eigenvalue weighted by Gasteiger charge is 1.97. The van der Waals surface area contributed by atoms with Crippen molar-refractivity contribution in [3.8, 4) is 0 Å². The van der Waals surface area contributed by atoms with Gasteiger partial charge >= 0.3 is 6.09 Å². The number of rotatable bonds is 2. The highest BCUT2D eigenvalue weighted by Crippen LogP contribution is 1.93. The average Bonchev–Trinajstić information content (AvgIpc) is 2.00. The van der Waals surface area contributed by atoms with Crippen molar-refractivity contribution in [3.63, 3.8) is 0 Å². The number of hydrogen-bond acceptors (Lipinski definition) is 3. The van der Waals surface area contributed by atoms with E-state index in [-0.39, 0.29) is 11.8 Å². The van der Waals surface area contributed by atoms with Crippen molar-refractivity contribution in [1.29, 1.82) is 0 Å². The lowest BCUT2D eigenvalue weighted by atomic mass is 10.7. The predicted octanol–water partition coefficient (Wildman–Crippen LogP) is 0.987. The zero-order valence-corrected chi connectivity index (χ0v) is 7.06. The van der Waals surface area contributed by atoms with Gasteiger partial charge in [-0.25, -0.2) is 4.79 Å². The van der Waals surface area contributed by atoms with Gasteiger partial charge in [-0.2, -0.15) is 4.99 Å². The van der Waals surface area contributed by atoms with Crippen LogP contribution < -0.4 is 5.73 Å². The Labute approximate surface area is 69.5 Å². The summed E-state index contributed by atoms with van der Waals surface area (Å²) < 4.78 is 4.53. The molecule has 0 fully saturated rings. The summed E-state index contributed by atoms with van der Waals surface area (Å²) >= 11 is 1.19. The number of amides is 1. The van der Waals surface area contributed by atoms with Crippen LogP contribution in [-0.4, -0.2) is 24.1 Å². The van der Waals surface area contributed by atoms with E-state index >= 15 is 0 Å². The molecule has 0 aliphatic rings. The molecule has 0 atom stereocenters. The maximum atomic E-state index is 10.6. The summed E-state index contributed by atoms with van der Waals surface area (Å²) in [5.74, 6) is 0. The quantitative estimate of drug-likeness (QED) is 0.385. The summed E-state index contributed by atoms with van der Waals surface area (Å²) in [5.41, 5.74) is 5.23. The number of nitrogens with zero attached hydrogens (tertiary/aromatic N) is 1. The molecule has 0 aromatic heterocycles. The molecule has 62 valence electrons. The van der Waals surface area contributed by atoms with E-state index in [0.717, 1.165) is 0 Å². The van der Waals surface area contributed by atoms with Crippen LogP contribution in [0.15, 0.2) is 17.6 Å². The van der Waals surface area contributed by atoms with Crippen LogP contribution in [0.3, 0.4) is 0 Å². The van der Waals surface area contributed by atoms with Crippen LogP contribution in [0.1, 0.15) is 0 Å². The number of carbonyl (C=O) groups is 1. The van der Waals surface area contributed by atoms with E-state index in [0.29, 0.717) is 0 Å². The molecule has 0 aromatic rings. The fourth-order valence-electron chi connectivity index (χ4n) is 0.298. The lowest BCUT2D eigenvalue weighted by Gasteiger charge is -1.95. The molecule has 11 heavy (non-hydrogen) atoms. The molecule has 0 unspecified atom stereocenters. The van der Waals surface area contributed by atoms with E-state index in [1.165, 1.54) is 17.8 Å². The van der Waals surface area contributed by atoms with Gasteiger partial charge in [0.15, 0.2) is 5.17 Å². The monoisotopic (exact) mass is 174 g/mol. The minimum Gasteiger partial charge on any atom is -0.444 e. The lowest BCUT2D eigenvalue weighted by Crippen LogP contribution is -2.10. The Hall–Kier alpha value is -0.970. The minimum absolute atomic E-state index is 0.157. The third-order valence-electron chi connectivity index (χ3n) is 0.735. The molecule has 1 amide bonds. The fraction of sp³-hybridized carbons (Fsp3) is 0.333. The number of carbonyl (C=O) groups excluding carboxylic acids is 1. The second kappa shape index (κ2) is 5.79. The van der Waals surface area contributed by atoms with Crippen molar-refractivity contribution in [2.75, 3.05) is 12.9 Å². The second-order valence-corrected chi connectivity index (χ2v) is 2.35. The Morgan fingerprint density at radius 1 is 1.91 bits per heavy atom. The molecule has 0 saturated heterocycles. The molecule has 0 aliphatic carbocycles. The van der Waals surface area contributed by atoms with Crippen molar-refractivity contribution in [3.05, 3.63) is 12.7 Å². The van der Waals surface area contributed by atoms with Gasteiger partial charge < -0.3 is 10.5 Å². The van der Waals surface area contributed by atoms with E-state index < -0.39 is 6.09 Å². The first-order valence-corrected chi connectivity index (χ1v) is 4.09. The SMILES string of the molecule is C=CCOC(=O)/N=C(\N)SC. The molecule has 0 spiro atoms. The Balaban J connectivity index is 3.76. The highest BCUT2D eigenvalue weighted by molar-refractivity contribution is 8.13. The van der Waals surface area contributed by atoms with Crippen LogP contribution in [0.25, 0.3) is 0 Å². The van der Waals surface area contributed by atoms with Crippen LogP contribution in [0.2, 0.25) is 0 Å². The van der Waals surface area contributed by atoms with Gasteiger partial charge in [-0.3, -0.25) is 0 Å². The summed E-state index contributed by atoms with van der Waals surface area (Å²) in [6.45, 7) is 3.53. The third kappa shape index (κ3) is 5.47. The van der Waals surface area contributed by atoms with E-state index in [2.05, 4.69) is 16.3 Å². The third-order valence-corrected chi connectivity index (χ3v) is 1.24. The summed E-state index contributed by atoms with van der Waals surface area (Å²) in [6.07, 6.45) is 2.50. The van der Waals surface area contributed by atoms with Gasteiger partial charge in [0.05, 0.1) is 0 Å². The standard InChI is InChI=1S/C6H10N2O2S/c1-3-4-10-6(9)8-5(7)11-2/h3H,1,4H2,2H3,(H2,7,8,9). The van der Waals surface area contributed by atoms with Gasteiger partial charge in [0.25, 0.3) is 0 Å². The molecular weight excluding hydrogens is 164 g/mol. The van der Waals surface area contributed by atoms with Gasteiger partial charge in [-0.05, 0) is 6.26 Å². The minimum atomic E-state index is -0.684. The number of ether oxygens (including phenoxy) is 1. The fourth-order valence-corrected chi connectivity index (χ4v) is 0.464. The van der Waals surface area contributed by atoms with Gasteiger partial charge in [-0.1, -0.05) is 24.4 Å². The van der Waals surface area contributed by atoms with Crippen molar-refractivity contribution < 1.29 is 9.53 Å². The second-order valence-electron chi connectivity index (χ2n) is 1.52. The Morgan fingerprint density at radius 2 is 2.55 bits per heavy atom. The number of aliphatic imine (C=N–C) groups is 1. The van der Waals surface area contributed by atoms with Crippen LogP contribution in [0.5, 0.6) is 0 Å². The first kappa shape index (κ1) is 10.0. The zero-order chi connectivity index (χ0) is 8.69. The van der Waals surface area contributed by atoms with Crippen LogP contribution in [0.4, 0.5) is 4.79 Å². The average molecular weight is 174 g/mol. The maximum absolute atomic E-state index is 10.6. The number of nitrogens with two attached hydrogens (primary N) is 1. The molecule has 0 aromatic carbocycles. The molecule has 0 heterocycles. The smallest absolute Gasteiger partial charge is 0.436 e. The molecule has 5 heteroatoms. The zero-order valence-electron chi connectivity index (χ0n) is 6.24. The van der Waals surface area contributed by atoms with Gasteiger partial charge in [0.2, 0.25) is 0 Å². The van der Waals surface area contributed by atoms with Crippen molar-refractivity contribution in [1.82, 2.24) is 0 Å². The highest BCUT2D eigenvalue weighted by atomic mass is 32.2. The molecule has 0 saturated carbocycles. The largest absolute Gasteiger partial charge is 0.444 e. The number of amidine groups is 1. The van der Waals surface area contributed by atoms with Gasteiger partial charge in [0.1, 0.15) is 6.61 Å². The first-order chi connectivity index (χ1) is 5.20. The molecule has 0 radical (unpaired) electrons. The summed E-state index contributed by atoms with van der Waals surface area (Å²) in [5, 5.41) is 0.194. The van der Waals surface area contributed by atoms with Gasteiger partial charge in [-0.15, -0.1) is 0 Å².